The van der Waals surface area contributed by atoms with Crippen LogP contribution in [-0.4, -0.2) is 31.9 Å². The Balaban J connectivity index is 1.79. The summed E-state index contributed by atoms with van der Waals surface area (Å²) in [7, 11) is 3.09. The normalized spacial score (nSPS) is 13.8. The van der Waals surface area contributed by atoms with Crippen molar-refractivity contribution in [2.45, 2.75) is 12.8 Å². The van der Waals surface area contributed by atoms with E-state index in [1.807, 2.05) is 0 Å². The molecular weight excluding hydrogens is 384 g/mol. The van der Waals surface area contributed by atoms with Gasteiger partial charge in [-0.05, 0) is 42.3 Å². The molecule has 3 rings (SSSR count). The minimum atomic E-state index is -0.383. The number of Topliss-reactive ketones (excluding diaryl/α,β-unsaturated/α-hetero) is 1. The van der Waals surface area contributed by atoms with Gasteiger partial charge in [-0.15, -0.1) is 11.6 Å². The van der Waals surface area contributed by atoms with Crippen LogP contribution in [0.4, 0.5) is 0 Å². The quantitative estimate of drug-likeness (QED) is 0.298. The maximum absolute atomic E-state index is 12.6. The zero-order valence-electron chi connectivity index (χ0n) is 15.5. The standard InChI is InChI=1S/C21H19ClO6/c1-25-16-8-5-13(10-18(16)26-2)11-19-21(24)15-7-6-14(12-17(15)28-19)27-20(23)4-3-9-22/h5-8,10-12H,3-4,9H2,1-2H3. The van der Waals surface area contributed by atoms with Crippen molar-refractivity contribution < 1.29 is 28.5 Å². The first-order valence-corrected chi connectivity index (χ1v) is 9.16. The number of methoxy groups -OCH3 is 2. The van der Waals surface area contributed by atoms with Gasteiger partial charge in [0.05, 0.1) is 19.8 Å². The summed E-state index contributed by atoms with van der Waals surface area (Å²) in [6.07, 6.45) is 2.39. The van der Waals surface area contributed by atoms with Crippen molar-refractivity contribution in [3.05, 3.63) is 53.3 Å². The molecule has 0 fully saturated rings. The number of carbonyl (C=O) groups is 2. The lowest BCUT2D eigenvalue weighted by Gasteiger charge is -2.08. The lowest BCUT2D eigenvalue weighted by molar-refractivity contribution is -0.134. The third-order valence-corrected chi connectivity index (χ3v) is 4.36. The van der Waals surface area contributed by atoms with E-state index >= 15 is 0 Å². The predicted molar refractivity (Wildman–Crippen MR) is 105 cm³/mol. The zero-order chi connectivity index (χ0) is 20.1. The zero-order valence-corrected chi connectivity index (χ0v) is 16.2. The van der Waals surface area contributed by atoms with E-state index in [-0.39, 0.29) is 23.9 Å². The number of alkyl halides is 1. The number of hydrogen-bond donors (Lipinski definition) is 0. The summed E-state index contributed by atoms with van der Waals surface area (Å²) in [5.41, 5.74) is 1.13. The number of halogens is 1. The summed E-state index contributed by atoms with van der Waals surface area (Å²) in [6.45, 7) is 0. The Morgan fingerprint density at radius 3 is 2.61 bits per heavy atom. The Bertz CT molecular complexity index is 934. The molecule has 0 bridgehead atoms. The molecule has 2 aromatic carbocycles. The number of carbonyl (C=O) groups excluding carboxylic acids is 2. The molecule has 0 amide bonds. The number of allylic oxidation sites excluding steroid dienone is 1. The number of fused-ring (bicyclic) bond motifs is 1. The summed E-state index contributed by atoms with van der Waals surface area (Å²) in [6, 6.07) is 9.96. The molecule has 146 valence electrons. The smallest absolute Gasteiger partial charge is 0.311 e. The fourth-order valence-electron chi connectivity index (χ4n) is 2.72. The minimum absolute atomic E-state index is 0.174. The van der Waals surface area contributed by atoms with E-state index in [0.29, 0.717) is 40.9 Å². The van der Waals surface area contributed by atoms with E-state index in [9.17, 15) is 9.59 Å². The van der Waals surface area contributed by atoms with E-state index in [4.69, 9.17) is 30.5 Å². The number of hydrogen-bond acceptors (Lipinski definition) is 6. The number of ketones is 1. The molecule has 0 aromatic heterocycles. The van der Waals surface area contributed by atoms with Crippen molar-refractivity contribution in [1.82, 2.24) is 0 Å². The van der Waals surface area contributed by atoms with Gasteiger partial charge in [-0.1, -0.05) is 6.07 Å². The minimum Gasteiger partial charge on any atom is -0.493 e. The number of rotatable bonds is 7. The van der Waals surface area contributed by atoms with Crippen LogP contribution in [0, 0.1) is 0 Å². The third kappa shape index (κ3) is 4.28. The van der Waals surface area contributed by atoms with E-state index in [2.05, 4.69) is 0 Å². The van der Waals surface area contributed by atoms with Crippen molar-refractivity contribution in [2.75, 3.05) is 20.1 Å². The molecule has 1 aliphatic rings. The van der Waals surface area contributed by atoms with Crippen LogP contribution in [0.1, 0.15) is 28.8 Å². The SMILES string of the molecule is COc1ccc(C=C2Oc3cc(OC(=O)CCCCl)ccc3C2=O)cc1OC. The largest absolute Gasteiger partial charge is 0.493 e. The van der Waals surface area contributed by atoms with Crippen LogP contribution in [-0.2, 0) is 4.79 Å². The second-order valence-corrected chi connectivity index (χ2v) is 6.36. The second kappa shape index (κ2) is 8.80. The van der Waals surface area contributed by atoms with E-state index in [0.717, 1.165) is 5.56 Å². The van der Waals surface area contributed by atoms with Crippen molar-refractivity contribution >= 4 is 29.4 Å². The van der Waals surface area contributed by atoms with Crippen molar-refractivity contribution in [1.29, 1.82) is 0 Å². The van der Waals surface area contributed by atoms with Gasteiger partial charge in [-0.25, -0.2) is 0 Å². The summed E-state index contributed by atoms with van der Waals surface area (Å²) < 4.78 is 21.4. The molecule has 0 saturated carbocycles. The van der Waals surface area contributed by atoms with Gasteiger partial charge in [0.2, 0.25) is 5.78 Å². The summed E-state index contributed by atoms with van der Waals surface area (Å²) in [4.78, 5) is 24.3. The highest BCUT2D eigenvalue weighted by molar-refractivity contribution is 6.18. The predicted octanol–water partition coefficient (Wildman–Crippen LogP) is 4.24. The van der Waals surface area contributed by atoms with Gasteiger partial charge in [0.15, 0.2) is 17.3 Å². The number of ether oxygens (including phenoxy) is 4. The van der Waals surface area contributed by atoms with Gasteiger partial charge >= 0.3 is 5.97 Å². The van der Waals surface area contributed by atoms with Crippen molar-refractivity contribution in [2.24, 2.45) is 0 Å². The lowest BCUT2D eigenvalue weighted by Crippen LogP contribution is -2.07. The molecule has 1 aliphatic heterocycles. The summed E-state index contributed by atoms with van der Waals surface area (Å²) in [5, 5.41) is 0. The van der Waals surface area contributed by atoms with Crippen LogP contribution in [0.3, 0.4) is 0 Å². The third-order valence-electron chi connectivity index (χ3n) is 4.09. The Kier molecular flexibility index (Phi) is 6.21. The van der Waals surface area contributed by atoms with Crippen LogP contribution < -0.4 is 18.9 Å². The average molecular weight is 403 g/mol. The second-order valence-electron chi connectivity index (χ2n) is 5.98. The number of benzene rings is 2. The van der Waals surface area contributed by atoms with Crippen LogP contribution in [0.15, 0.2) is 42.2 Å². The molecule has 0 atom stereocenters. The molecule has 0 saturated heterocycles. The first-order chi connectivity index (χ1) is 13.5. The molecule has 28 heavy (non-hydrogen) atoms. The molecule has 1 heterocycles. The topological polar surface area (TPSA) is 71.1 Å². The first kappa shape index (κ1) is 19.8. The molecule has 0 spiro atoms. The highest BCUT2D eigenvalue weighted by Crippen LogP contribution is 2.36. The van der Waals surface area contributed by atoms with Crippen molar-refractivity contribution in [3.8, 4) is 23.0 Å². The molecular formula is C21H19ClO6. The molecule has 2 aromatic rings. The maximum Gasteiger partial charge on any atom is 0.311 e. The van der Waals surface area contributed by atoms with Crippen LogP contribution in [0.25, 0.3) is 6.08 Å². The summed E-state index contributed by atoms with van der Waals surface area (Å²) in [5.74, 6) is 1.74. The van der Waals surface area contributed by atoms with Gasteiger partial charge in [-0.2, -0.15) is 0 Å². The monoisotopic (exact) mass is 402 g/mol. The van der Waals surface area contributed by atoms with Crippen LogP contribution in [0.5, 0.6) is 23.0 Å². The van der Waals surface area contributed by atoms with Gasteiger partial charge < -0.3 is 18.9 Å². The Labute approximate surface area is 167 Å². The first-order valence-electron chi connectivity index (χ1n) is 8.62. The molecule has 0 aliphatic carbocycles. The van der Waals surface area contributed by atoms with E-state index in [1.165, 1.54) is 13.2 Å². The van der Waals surface area contributed by atoms with Crippen LogP contribution >= 0.6 is 11.6 Å². The van der Waals surface area contributed by atoms with E-state index in [1.54, 1.807) is 43.5 Å². The Morgan fingerprint density at radius 1 is 1.11 bits per heavy atom. The lowest BCUT2D eigenvalue weighted by atomic mass is 10.1. The fraction of sp³-hybridized carbons (Fsp3) is 0.238. The molecule has 0 unspecified atom stereocenters. The molecule has 6 nitrogen and oxygen atoms in total. The van der Waals surface area contributed by atoms with E-state index < -0.39 is 0 Å². The highest BCUT2D eigenvalue weighted by Gasteiger charge is 2.28. The Morgan fingerprint density at radius 2 is 1.89 bits per heavy atom. The van der Waals surface area contributed by atoms with Gasteiger partial charge in [0.25, 0.3) is 0 Å². The highest BCUT2D eigenvalue weighted by atomic mass is 35.5. The molecule has 0 N–H and O–H groups in total. The maximum atomic E-state index is 12.6. The molecule has 7 heteroatoms. The fourth-order valence-corrected chi connectivity index (χ4v) is 2.85. The van der Waals surface area contributed by atoms with Gasteiger partial charge in [0, 0.05) is 18.4 Å². The van der Waals surface area contributed by atoms with Crippen LogP contribution in [0.2, 0.25) is 0 Å². The Hall–Kier alpha value is -2.99. The van der Waals surface area contributed by atoms with Crippen molar-refractivity contribution in [3.63, 3.8) is 0 Å². The average Bonchev–Trinajstić information content (AvgIpc) is 3.01. The molecule has 0 radical (unpaired) electrons. The summed E-state index contributed by atoms with van der Waals surface area (Å²) >= 11 is 5.57. The number of esters is 1. The van der Waals surface area contributed by atoms with Gasteiger partial charge in [0.1, 0.15) is 11.5 Å². The van der Waals surface area contributed by atoms with Gasteiger partial charge in [-0.3, -0.25) is 9.59 Å².